The van der Waals surface area contributed by atoms with Crippen molar-refractivity contribution in [3.05, 3.63) is 59.2 Å². The lowest BCUT2D eigenvalue weighted by atomic mass is 9.88. The second-order valence-electron chi connectivity index (χ2n) is 7.68. The van der Waals surface area contributed by atoms with Crippen LogP contribution in [0, 0.1) is 6.92 Å². The van der Waals surface area contributed by atoms with E-state index in [9.17, 15) is 9.90 Å². The van der Waals surface area contributed by atoms with Gasteiger partial charge in [-0.3, -0.25) is 9.89 Å². The molecular formula is C21H26N6O2. The Morgan fingerprint density at radius 2 is 1.97 bits per heavy atom. The van der Waals surface area contributed by atoms with E-state index in [2.05, 4.69) is 39.6 Å². The van der Waals surface area contributed by atoms with Crippen LogP contribution >= 0.6 is 0 Å². The van der Waals surface area contributed by atoms with Crippen molar-refractivity contribution in [3.63, 3.8) is 0 Å². The number of hydrogen-bond acceptors (Lipinski definition) is 5. The molecule has 8 nitrogen and oxygen atoms in total. The van der Waals surface area contributed by atoms with Crippen LogP contribution in [0.4, 0.5) is 0 Å². The number of likely N-dealkylation sites (tertiary alicyclic amines) is 1. The summed E-state index contributed by atoms with van der Waals surface area (Å²) in [6, 6.07) is 8.13. The number of aromatic amines is 1. The normalized spacial score (nSPS) is 16.2. The standard InChI is InChI=1S/C21H26N6O2/c1-3-16-4-6-18(7-5-16)27-14-19(24-25-27)21(29)8-10-26(11-9-21)20(28)12-17-13-22-23-15(17)2/h4-7,13-14,29H,3,8-12H2,1-2H3,(H,22,23). The van der Waals surface area contributed by atoms with Gasteiger partial charge in [0.15, 0.2) is 0 Å². The minimum absolute atomic E-state index is 0.0521. The highest BCUT2D eigenvalue weighted by Crippen LogP contribution is 2.32. The molecule has 8 heteroatoms. The summed E-state index contributed by atoms with van der Waals surface area (Å²) in [7, 11) is 0. The van der Waals surface area contributed by atoms with Gasteiger partial charge in [-0.2, -0.15) is 5.10 Å². The largest absolute Gasteiger partial charge is 0.383 e. The van der Waals surface area contributed by atoms with Gasteiger partial charge in [-0.1, -0.05) is 24.3 Å². The van der Waals surface area contributed by atoms with Crippen LogP contribution in [0.5, 0.6) is 0 Å². The number of carbonyl (C=O) groups excluding carboxylic acids is 1. The van der Waals surface area contributed by atoms with Crippen molar-refractivity contribution in [1.82, 2.24) is 30.1 Å². The number of aryl methyl sites for hydroxylation is 2. The molecule has 2 N–H and O–H groups in total. The van der Waals surface area contributed by atoms with E-state index in [-0.39, 0.29) is 5.91 Å². The van der Waals surface area contributed by atoms with Crippen LogP contribution in [-0.4, -0.2) is 54.2 Å². The fraction of sp³-hybridized carbons (Fsp3) is 0.429. The van der Waals surface area contributed by atoms with Crippen LogP contribution in [0.3, 0.4) is 0 Å². The third kappa shape index (κ3) is 3.93. The van der Waals surface area contributed by atoms with E-state index in [1.165, 1.54) is 5.56 Å². The number of piperidine rings is 1. The second kappa shape index (κ2) is 7.79. The zero-order valence-electron chi connectivity index (χ0n) is 16.8. The van der Waals surface area contributed by atoms with E-state index in [4.69, 9.17) is 0 Å². The van der Waals surface area contributed by atoms with E-state index in [0.29, 0.717) is 38.0 Å². The SMILES string of the molecule is CCc1ccc(-n2cc(C3(O)CCN(C(=O)Cc4cn[nH]c4C)CC3)nn2)cc1. The lowest BCUT2D eigenvalue weighted by Gasteiger charge is -2.37. The molecule has 1 aliphatic rings. The average Bonchev–Trinajstić information content (AvgIpc) is 3.39. The number of H-pyrrole nitrogens is 1. The summed E-state index contributed by atoms with van der Waals surface area (Å²) in [5.41, 5.74) is 3.48. The summed E-state index contributed by atoms with van der Waals surface area (Å²) in [6.07, 6.45) is 5.67. The van der Waals surface area contributed by atoms with Gasteiger partial charge in [-0.25, -0.2) is 4.68 Å². The number of aromatic nitrogens is 5. The van der Waals surface area contributed by atoms with Crippen LogP contribution in [0.25, 0.3) is 5.69 Å². The number of aliphatic hydroxyl groups is 1. The fourth-order valence-corrected chi connectivity index (χ4v) is 3.70. The highest BCUT2D eigenvalue weighted by Gasteiger charge is 2.38. The molecule has 0 spiro atoms. The third-order valence-electron chi connectivity index (χ3n) is 5.80. The van der Waals surface area contributed by atoms with Gasteiger partial charge < -0.3 is 10.0 Å². The first-order valence-corrected chi connectivity index (χ1v) is 9.99. The first-order chi connectivity index (χ1) is 14.0. The summed E-state index contributed by atoms with van der Waals surface area (Å²) >= 11 is 0. The first-order valence-electron chi connectivity index (χ1n) is 9.99. The number of benzene rings is 1. The Hall–Kier alpha value is -3.00. The minimum Gasteiger partial charge on any atom is -0.383 e. The van der Waals surface area contributed by atoms with Crippen molar-refractivity contribution in [2.45, 2.75) is 45.1 Å². The lowest BCUT2D eigenvalue weighted by Crippen LogP contribution is -2.45. The van der Waals surface area contributed by atoms with E-state index in [1.807, 2.05) is 19.1 Å². The van der Waals surface area contributed by atoms with Crippen molar-refractivity contribution in [2.24, 2.45) is 0 Å². The van der Waals surface area contributed by atoms with Crippen LogP contribution in [-0.2, 0) is 23.2 Å². The van der Waals surface area contributed by atoms with Gasteiger partial charge in [0.1, 0.15) is 11.3 Å². The Bertz CT molecular complexity index is 983. The number of amides is 1. The molecule has 2 aromatic heterocycles. The predicted octanol–water partition coefficient (Wildman–Crippen LogP) is 1.91. The van der Waals surface area contributed by atoms with Crippen LogP contribution in [0.15, 0.2) is 36.7 Å². The summed E-state index contributed by atoms with van der Waals surface area (Å²) in [4.78, 5) is 14.4. The molecule has 1 amide bonds. The molecule has 0 bridgehead atoms. The van der Waals surface area contributed by atoms with Crippen molar-refractivity contribution >= 4 is 5.91 Å². The quantitative estimate of drug-likeness (QED) is 0.689. The van der Waals surface area contributed by atoms with E-state index < -0.39 is 5.60 Å². The Balaban J connectivity index is 1.41. The molecule has 1 saturated heterocycles. The van der Waals surface area contributed by atoms with E-state index in [1.54, 1.807) is 22.0 Å². The van der Waals surface area contributed by atoms with Crippen molar-refractivity contribution in [3.8, 4) is 5.69 Å². The van der Waals surface area contributed by atoms with Gasteiger partial charge in [0.25, 0.3) is 0 Å². The minimum atomic E-state index is -1.07. The number of hydrogen-bond donors (Lipinski definition) is 2. The number of carbonyl (C=O) groups is 1. The highest BCUT2D eigenvalue weighted by molar-refractivity contribution is 5.79. The second-order valence-corrected chi connectivity index (χ2v) is 7.68. The van der Waals surface area contributed by atoms with Crippen molar-refractivity contribution in [1.29, 1.82) is 0 Å². The Morgan fingerprint density at radius 1 is 1.24 bits per heavy atom. The van der Waals surface area contributed by atoms with Crippen molar-refractivity contribution in [2.75, 3.05) is 13.1 Å². The molecule has 1 fully saturated rings. The van der Waals surface area contributed by atoms with Gasteiger partial charge in [0, 0.05) is 24.3 Å². The zero-order chi connectivity index (χ0) is 20.4. The average molecular weight is 394 g/mol. The molecule has 0 unspecified atom stereocenters. The number of rotatable bonds is 5. The van der Waals surface area contributed by atoms with Gasteiger partial charge in [0.05, 0.1) is 24.5 Å². The molecule has 152 valence electrons. The summed E-state index contributed by atoms with van der Waals surface area (Å²) in [6.45, 7) is 5.00. The fourth-order valence-electron chi connectivity index (χ4n) is 3.70. The maximum atomic E-state index is 12.6. The Morgan fingerprint density at radius 3 is 2.59 bits per heavy atom. The molecule has 3 aromatic rings. The molecule has 0 radical (unpaired) electrons. The van der Waals surface area contributed by atoms with E-state index >= 15 is 0 Å². The van der Waals surface area contributed by atoms with Gasteiger partial charge >= 0.3 is 0 Å². The molecule has 0 atom stereocenters. The maximum absolute atomic E-state index is 12.6. The summed E-state index contributed by atoms with van der Waals surface area (Å²) in [5.74, 6) is 0.0521. The summed E-state index contributed by atoms with van der Waals surface area (Å²) in [5, 5.41) is 26.3. The summed E-state index contributed by atoms with van der Waals surface area (Å²) < 4.78 is 1.69. The zero-order valence-corrected chi connectivity index (χ0v) is 16.8. The van der Waals surface area contributed by atoms with Gasteiger partial charge in [0.2, 0.25) is 5.91 Å². The molecular weight excluding hydrogens is 368 g/mol. The number of nitrogens with zero attached hydrogens (tertiary/aromatic N) is 5. The molecule has 3 heterocycles. The highest BCUT2D eigenvalue weighted by atomic mass is 16.3. The molecule has 4 rings (SSSR count). The predicted molar refractivity (Wildman–Crippen MR) is 107 cm³/mol. The lowest BCUT2D eigenvalue weighted by molar-refractivity contribution is -0.135. The third-order valence-corrected chi connectivity index (χ3v) is 5.80. The smallest absolute Gasteiger partial charge is 0.227 e. The molecule has 1 aliphatic heterocycles. The monoisotopic (exact) mass is 394 g/mol. The van der Waals surface area contributed by atoms with Gasteiger partial charge in [-0.05, 0) is 43.9 Å². The topological polar surface area (TPSA) is 99.9 Å². The van der Waals surface area contributed by atoms with Crippen LogP contribution < -0.4 is 0 Å². The number of nitrogens with one attached hydrogen (secondary N) is 1. The van der Waals surface area contributed by atoms with Crippen LogP contribution in [0.1, 0.15) is 42.3 Å². The van der Waals surface area contributed by atoms with E-state index in [0.717, 1.165) is 23.4 Å². The Kier molecular flexibility index (Phi) is 5.19. The van der Waals surface area contributed by atoms with Gasteiger partial charge in [-0.15, -0.1) is 5.10 Å². The Labute approximate surface area is 169 Å². The molecule has 29 heavy (non-hydrogen) atoms. The first kappa shape index (κ1) is 19.3. The maximum Gasteiger partial charge on any atom is 0.227 e. The molecule has 1 aromatic carbocycles. The molecule has 0 aliphatic carbocycles. The van der Waals surface area contributed by atoms with Crippen molar-refractivity contribution < 1.29 is 9.90 Å². The molecule has 0 saturated carbocycles. The van der Waals surface area contributed by atoms with Crippen LogP contribution in [0.2, 0.25) is 0 Å².